The number of esters is 1. The Hall–Kier alpha value is -1.97. The van der Waals surface area contributed by atoms with Gasteiger partial charge in [-0.05, 0) is 46.0 Å². The van der Waals surface area contributed by atoms with E-state index in [0.29, 0.717) is 6.42 Å². The van der Waals surface area contributed by atoms with Crippen molar-refractivity contribution >= 4 is 5.97 Å². The van der Waals surface area contributed by atoms with E-state index in [1.165, 1.54) is 13.0 Å². The molecule has 0 bridgehead atoms. The molecule has 0 aliphatic carbocycles. The lowest BCUT2D eigenvalue weighted by atomic mass is 9.87. The lowest BCUT2D eigenvalue weighted by molar-refractivity contribution is -0.168. The molecule has 47 heavy (non-hydrogen) atoms. The van der Waals surface area contributed by atoms with E-state index in [1.54, 1.807) is 49.5 Å². The number of fused-ring (bicyclic) bond motifs is 1. The fourth-order valence-corrected chi connectivity index (χ4v) is 5.83. The number of rotatable bonds is 5. The Morgan fingerprint density at radius 3 is 1.79 bits per heavy atom. The summed E-state index contributed by atoms with van der Waals surface area (Å²) in [5.41, 5.74) is -0.890. The van der Waals surface area contributed by atoms with Gasteiger partial charge in [0, 0.05) is 12.8 Å². The van der Waals surface area contributed by atoms with Crippen molar-refractivity contribution in [1.82, 2.24) is 0 Å². The van der Waals surface area contributed by atoms with Crippen molar-refractivity contribution in [2.45, 2.75) is 158 Å². The topological polar surface area (TPSA) is 221 Å². The van der Waals surface area contributed by atoms with Crippen LogP contribution in [0.1, 0.15) is 85.0 Å². The predicted molar refractivity (Wildman–Crippen MR) is 175 cm³/mol. The van der Waals surface area contributed by atoms with Crippen LogP contribution in [0.4, 0.5) is 0 Å². The molecule has 0 saturated carbocycles. The maximum atomic E-state index is 13.2. The van der Waals surface area contributed by atoms with Gasteiger partial charge in [-0.25, -0.2) is 0 Å². The molecular weight excluding hydrogens is 612 g/mol. The summed E-state index contributed by atoms with van der Waals surface area (Å²) in [5, 5.41) is 95.3. The van der Waals surface area contributed by atoms with E-state index in [-0.39, 0.29) is 51.0 Å². The molecule has 2 aliphatic rings. The fourth-order valence-electron chi connectivity index (χ4n) is 5.83. The van der Waals surface area contributed by atoms with Gasteiger partial charge in [0.1, 0.15) is 29.8 Å². The highest BCUT2D eigenvalue weighted by Crippen LogP contribution is 2.42. The maximum Gasteiger partial charge on any atom is 0.314 e. The van der Waals surface area contributed by atoms with E-state index in [2.05, 4.69) is 0 Å². The molecule has 2 heterocycles. The quantitative estimate of drug-likeness (QED) is 0.114. The van der Waals surface area contributed by atoms with Crippen LogP contribution in [-0.2, 0) is 14.3 Å². The van der Waals surface area contributed by atoms with Gasteiger partial charge < -0.3 is 55.4 Å². The minimum atomic E-state index is -1.53. The van der Waals surface area contributed by atoms with E-state index in [0.717, 1.165) is 12.8 Å². The molecule has 0 unspecified atom stereocenters. The molecule has 0 aromatic heterocycles. The van der Waals surface area contributed by atoms with Crippen LogP contribution < -0.4 is 0 Å². The molecule has 9 N–H and O–H groups in total. The van der Waals surface area contributed by atoms with Gasteiger partial charge in [0.2, 0.25) is 0 Å². The molecule has 1 saturated heterocycles. The number of aliphatic hydroxyl groups excluding tert-OH is 9. The van der Waals surface area contributed by atoms with E-state index >= 15 is 0 Å². The Bertz CT molecular complexity index is 1030. The summed E-state index contributed by atoms with van der Waals surface area (Å²) in [7, 11) is 0. The molecule has 13 atom stereocenters. The first-order chi connectivity index (χ1) is 22.2. The van der Waals surface area contributed by atoms with Gasteiger partial charge in [-0.15, -0.1) is 0 Å². The summed E-state index contributed by atoms with van der Waals surface area (Å²) in [5.74, 6) is -2.34. The highest BCUT2D eigenvalue weighted by Gasteiger charge is 2.56. The number of epoxide rings is 1. The number of carbonyl (C=O) groups excluding carboxylic acids is 1. The third-order valence-corrected chi connectivity index (χ3v) is 8.87. The average molecular weight is 671 g/mol. The molecule has 12 nitrogen and oxygen atoms in total. The number of hydrogen-bond acceptors (Lipinski definition) is 12. The predicted octanol–water partition coefficient (Wildman–Crippen LogP) is 1.10. The molecule has 270 valence electrons. The van der Waals surface area contributed by atoms with Gasteiger partial charge in [0.05, 0.1) is 48.8 Å². The van der Waals surface area contributed by atoms with Crippen LogP contribution in [0.25, 0.3) is 0 Å². The van der Waals surface area contributed by atoms with Crippen LogP contribution in [0.15, 0.2) is 48.6 Å². The lowest BCUT2D eigenvalue weighted by Gasteiger charge is -2.29. The van der Waals surface area contributed by atoms with Crippen molar-refractivity contribution in [2.75, 3.05) is 0 Å². The Labute approximate surface area is 278 Å². The molecule has 0 aromatic carbocycles. The number of carbonyl (C=O) groups is 1. The van der Waals surface area contributed by atoms with E-state index in [1.807, 2.05) is 6.92 Å². The van der Waals surface area contributed by atoms with Crippen molar-refractivity contribution in [1.29, 1.82) is 0 Å². The Morgan fingerprint density at radius 2 is 1.23 bits per heavy atom. The minimum Gasteiger partial charge on any atom is -0.459 e. The summed E-state index contributed by atoms with van der Waals surface area (Å²) in [6.07, 6.45) is 2.39. The smallest absolute Gasteiger partial charge is 0.314 e. The zero-order chi connectivity index (χ0) is 35.1. The molecule has 2 aliphatic heterocycles. The lowest BCUT2D eigenvalue weighted by Crippen LogP contribution is -2.43. The molecule has 0 aromatic rings. The maximum absolute atomic E-state index is 13.2. The summed E-state index contributed by atoms with van der Waals surface area (Å²) in [6, 6.07) is 0. The van der Waals surface area contributed by atoms with Crippen LogP contribution in [-0.4, -0.2) is 125 Å². The number of aliphatic hydroxyl groups is 9. The second kappa shape index (κ2) is 20.5. The summed E-state index contributed by atoms with van der Waals surface area (Å²) < 4.78 is 11.1. The third-order valence-electron chi connectivity index (χ3n) is 8.87. The molecule has 2 rings (SSSR count). The third kappa shape index (κ3) is 14.6. The van der Waals surface area contributed by atoms with Crippen LogP contribution in [0.2, 0.25) is 0 Å². The van der Waals surface area contributed by atoms with Crippen molar-refractivity contribution in [3.8, 4) is 0 Å². The highest BCUT2D eigenvalue weighted by atomic mass is 16.6. The van der Waals surface area contributed by atoms with Gasteiger partial charge in [0.25, 0.3) is 0 Å². The van der Waals surface area contributed by atoms with Gasteiger partial charge in [0.15, 0.2) is 0 Å². The van der Waals surface area contributed by atoms with Crippen molar-refractivity contribution < 1.29 is 60.2 Å². The zero-order valence-electron chi connectivity index (χ0n) is 27.9. The van der Waals surface area contributed by atoms with Crippen LogP contribution >= 0.6 is 0 Å². The number of allylic oxidation sites excluding steroid dienone is 6. The minimum absolute atomic E-state index is 0.0532. The summed E-state index contributed by atoms with van der Waals surface area (Å²) in [6.45, 7) is 5.19. The number of unbranched alkanes of at least 4 members (excludes halogenated alkanes) is 2. The van der Waals surface area contributed by atoms with Gasteiger partial charge in [-0.1, -0.05) is 74.8 Å². The van der Waals surface area contributed by atoms with Crippen LogP contribution in [0.5, 0.6) is 0 Å². The number of hydrogen-bond donors (Lipinski definition) is 9. The normalized spacial score (nSPS) is 42.5. The largest absolute Gasteiger partial charge is 0.459 e. The van der Waals surface area contributed by atoms with Gasteiger partial charge >= 0.3 is 5.97 Å². The monoisotopic (exact) mass is 670 g/mol. The number of ether oxygens (including phenoxy) is 2. The first kappa shape index (κ1) is 41.2. The van der Waals surface area contributed by atoms with E-state index < -0.39 is 78.5 Å². The highest BCUT2D eigenvalue weighted by molar-refractivity contribution is 5.74. The second-order valence-electron chi connectivity index (χ2n) is 13.2. The molecule has 0 amide bonds. The molecule has 0 radical (unpaired) electrons. The second-order valence-corrected chi connectivity index (χ2v) is 13.2. The van der Waals surface area contributed by atoms with Crippen molar-refractivity contribution in [2.24, 2.45) is 5.92 Å². The van der Waals surface area contributed by atoms with Crippen molar-refractivity contribution in [3.05, 3.63) is 48.6 Å². The fraction of sp³-hybridized carbons (Fsp3) is 0.743. The van der Waals surface area contributed by atoms with Crippen molar-refractivity contribution in [3.63, 3.8) is 0 Å². The Kier molecular flexibility index (Phi) is 18.0. The number of cyclic esters (lactones) is 1. The first-order valence-corrected chi connectivity index (χ1v) is 16.9. The van der Waals surface area contributed by atoms with Crippen LogP contribution in [0, 0.1) is 5.92 Å². The summed E-state index contributed by atoms with van der Waals surface area (Å²) >= 11 is 0. The van der Waals surface area contributed by atoms with Gasteiger partial charge in [-0.3, -0.25) is 4.79 Å². The Morgan fingerprint density at radius 1 is 0.745 bits per heavy atom. The summed E-state index contributed by atoms with van der Waals surface area (Å²) in [4.78, 5) is 13.2. The molecule has 1 fully saturated rings. The van der Waals surface area contributed by atoms with Crippen LogP contribution in [0.3, 0.4) is 0 Å². The zero-order valence-corrected chi connectivity index (χ0v) is 27.9. The molecule has 12 heteroatoms. The van der Waals surface area contributed by atoms with Gasteiger partial charge in [-0.2, -0.15) is 0 Å². The molecule has 0 spiro atoms. The first-order valence-electron chi connectivity index (χ1n) is 16.9. The van der Waals surface area contributed by atoms with E-state index in [9.17, 15) is 50.8 Å². The molecular formula is C35H58O12. The van der Waals surface area contributed by atoms with E-state index in [4.69, 9.17) is 9.47 Å². The Balaban J connectivity index is 2.19. The average Bonchev–Trinajstić information content (AvgIpc) is 3.64. The SMILES string of the molecule is CCCCC[C@H](O)[C@H]1C(=O)O[C@@H](C)[C@@H](O)\C=C/C=C/C=C/C=C/[C@@H]2O[C@]2(C)[C@H](O)C[C@@H](O)C[C@H](O)C[C@H](O)C[C@H](O)C[C@H](O)C[C@H]1O. The standard InChI is InChI=1S/C35H58O12/c1-4-5-10-14-29(42)33-30(43)20-26(39)18-24(37)16-23(36)17-25(38)19-27(40)21-31(44)35(3)32(47-35)15-12-9-7-6-8-11-13-28(41)22(2)46-34(33)45/h6-9,11-13,15,22-33,36-44H,4-5,10,14,16-21H2,1-3H3/b8-6+,9-7+,13-11-,15-12+/t22-,23+,24-,25+,26-,27-,28-,29-,30+,31+,32-,33+,35+/m0/s1.